The standard InChI is InChI=1S/C13H19BrN2S/c1-10-7-15-6-2-3-11(15)8-16(10)9-12-4-5-13(14)17-12/h4-5,10-11H,2-3,6-9H2,1H3/t10-,11+/m1/s1. The number of piperazine rings is 1. The van der Waals surface area contributed by atoms with Crippen LogP contribution in [0.4, 0.5) is 0 Å². The van der Waals surface area contributed by atoms with E-state index in [1.807, 2.05) is 11.3 Å². The van der Waals surface area contributed by atoms with Crippen molar-refractivity contribution in [1.82, 2.24) is 9.80 Å². The molecule has 2 fully saturated rings. The number of halogens is 1. The summed E-state index contributed by atoms with van der Waals surface area (Å²) in [6.45, 7) is 7.35. The molecule has 0 bridgehead atoms. The second-order valence-corrected chi connectivity index (χ2v) is 7.82. The molecule has 1 aromatic rings. The minimum absolute atomic E-state index is 0.699. The highest BCUT2D eigenvalue weighted by molar-refractivity contribution is 9.11. The first-order valence-electron chi connectivity index (χ1n) is 6.44. The highest BCUT2D eigenvalue weighted by Gasteiger charge is 2.34. The van der Waals surface area contributed by atoms with Crippen LogP contribution in [0.5, 0.6) is 0 Å². The van der Waals surface area contributed by atoms with Crippen LogP contribution in [0.25, 0.3) is 0 Å². The van der Waals surface area contributed by atoms with E-state index < -0.39 is 0 Å². The van der Waals surface area contributed by atoms with Crippen molar-refractivity contribution in [3.63, 3.8) is 0 Å². The first-order valence-corrected chi connectivity index (χ1v) is 8.05. The molecule has 0 amide bonds. The van der Waals surface area contributed by atoms with Crippen LogP contribution in [-0.2, 0) is 6.54 Å². The molecular weight excluding hydrogens is 296 g/mol. The van der Waals surface area contributed by atoms with Gasteiger partial charge in [-0.3, -0.25) is 9.80 Å². The van der Waals surface area contributed by atoms with E-state index in [1.165, 1.54) is 41.1 Å². The van der Waals surface area contributed by atoms with E-state index in [1.54, 1.807) is 0 Å². The molecule has 2 nitrogen and oxygen atoms in total. The molecule has 3 heterocycles. The quantitative estimate of drug-likeness (QED) is 0.827. The topological polar surface area (TPSA) is 6.48 Å². The fraction of sp³-hybridized carbons (Fsp3) is 0.692. The van der Waals surface area contributed by atoms with Crippen molar-refractivity contribution in [2.45, 2.75) is 38.4 Å². The Kier molecular flexibility index (Phi) is 3.57. The van der Waals surface area contributed by atoms with Gasteiger partial charge >= 0.3 is 0 Å². The zero-order chi connectivity index (χ0) is 11.8. The highest BCUT2D eigenvalue weighted by Crippen LogP contribution is 2.28. The Labute approximate surface area is 116 Å². The van der Waals surface area contributed by atoms with Crippen LogP contribution in [0.15, 0.2) is 15.9 Å². The molecule has 0 aliphatic carbocycles. The second kappa shape index (κ2) is 5.00. The minimum atomic E-state index is 0.699. The van der Waals surface area contributed by atoms with E-state index >= 15 is 0 Å². The first-order chi connectivity index (χ1) is 8.22. The lowest BCUT2D eigenvalue weighted by Gasteiger charge is -2.42. The Morgan fingerprint density at radius 2 is 2.29 bits per heavy atom. The van der Waals surface area contributed by atoms with Gasteiger partial charge in [-0.25, -0.2) is 0 Å². The molecule has 94 valence electrons. The molecule has 2 aliphatic rings. The molecule has 2 saturated heterocycles. The normalized spacial score (nSPS) is 30.7. The molecule has 17 heavy (non-hydrogen) atoms. The van der Waals surface area contributed by atoms with Gasteiger partial charge in [-0.05, 0) is 54.4 Å². The molecule has 4 heteroatoms. The maximum atomic E-state index is 3.55. The predicted octanol–water partition coefficient (Wildman–Crippen LogP) is 3.18. The van der Waals surface area contributed by atoms with E-state index in [2.05, 4.69) is 44.8 Å². The third kappa shape index (κ3) is 2.60. The van der Waals surface area contributed by atoms with E-state index in [4.69, 9.17) is 0 Å². The predicted molar refractivity (Wildman–Crippen MR) is 76.5 cm³/mol. The maximum Gasteiger partial charge on any atom is 0.0701 e. The van der Waals surface area contributed by atoms with Gasteiger partial charge in [-0.1, -0.05) is 0 Å². The van der Waals surface area contributed by atoms with Gasteiger partial charge in [-0.2, -0.15) is 0 Å². The van der Waals surface area contributed by atoms with Crippen molar-refractivity contribution in [3.05, 3.63) is 20.8 Å². The zero-order valence-corrected chi connectivity index (χ0v) is 12.6. The van der Waals surface area contributed by atoms with Crippen molar-refractivity contribution in [3.8, 4) is 0 Å². The van der Waals surface area contributed by atoms with Crippen LogP contribution in [-0.4, -0.2) is 41.5 Å². The Bertz CT molecular complexity index is 393. The Morgan fingerprint density at radius 3 is 3.06 bits per heavy atom. The summed E-state index contributed by atoms with van der Waals surface area (Å²) in [6, 6.07) is 5.94. The lowest BCUT2D eigenvalue weighted by molar-refractivity contribution is 0.0547. The molecule has 0 radical (unpaired) electrons. The first kappa shape index (κ1) is 12.2. The molecule has 2 aliphatic heterocycles. The van der Waals surface area contributed by atoms with Crippen molar-refractivity contribution in [1.29, 1.82) is 0 Å². The largest absolute Gasteiger partial charge is 0.298 e. The van der Waals surface area contributed by atoms with Crippen LogP contribution in [0.2, 0.25) is 0 Å². The number of hydrogen-bond acceptors (Lipinski definition) is 3. The summed E-state index contributed by atoms with van der Waals surface area (Å²) in [4.78, 5) is 6.83. The molecule has 3 rings (SSSR count). The number of fused-ring (bicyclic) bond motifs is 1. The van der Waals surface area contributed by atoms with E-state index in [0.29, 0.717) is 6.04 Å². The summed E-state index contributed by atoms with van der Waals surface area (Å²) in [5, 5.41) is 0. The number of nitrogens with zero attached hydrogens (tertiary/aromatic N) is 2. The summed E-state index contributed by atoms with van der Waals surface area (Å²) in [5.74, 6) is 0. The van der Waals surface area contributed by atoms with Crippen LogP contribution < -0.4 is 0 Å². The van der Waals surface area contributed by atoms with Gasteiger partial charge in [0, 0.05) is 36.6 Å². The molecule has 2 atom stereocenters. The summed E-state index contributed by atoms with van der Waals surface area (Å²) < 4.78 is 1.25. The van der Waals surface area contributed by atoms with Crippen LogP contribution in [0.3, 0.4) is 0 Å². The van der Waals surface area contributed by atoms with Crippen molar-refractivity contribution < 1.29 is 0 Å². The van der Waals surface area contributed by atoms with Crippen LogP contribution in [0.1, 0.15) is 24.6 Å². The average Bonchev–Trinajstić information content (AvgIpc) is 2.88. The summed E-state index contributed by atoms with van der Waals surface area (Å²) >= 11 is 5.42. The van der Waals surface area contributed by atoms with Gasteiger partial charge in [0.1, 0.15) is 0 Å². The molecule has 0 N–H and O–H groups in total. The van der Waals surface area contributed by atoms with Gasteiger partial charge in [0.05, 0.1) is 3.79 Å². The monoisotopic (exact) mass is 314 g/mol. The third-order valence-electron chi connectivity index (χ3n) is 4.05. The fourth-order valence-corrected chi connectivity index (χ4v) is 4.61. The van der Waals surface area contributed by atoms with Crippen LogP contribution >= 0.6 is 27.3 Å². The molecular formula is C13H19BrN2S. The third-order valence-corrected chi connectivity index (χ3v) is 5.66. The van der Waals surface area contributed by atoms with E-state index in [-0.39, 0.29) is 0 Å². The zero-order valence-electron chi connectivity index (χ0n) is 10.2. The molecule has 1 aromatic heterocycles. The maximum absolute atomic E-state index is 3.55. The summed E-state index contributed by atoms with van der Waals surface area (Å²) in [6.07, 6.45) is 2.80. The lowest BCUT2D eigenvalue weighted by Crippen LogP contribution is -2.54. The summed E-state index contributed by atoms with van der Waals surface area (Å²) in [7, 11) is 0. The average molecular weight is 315 g/mol. The van der Waals surface area contributed by atoms with Gasteiger partial charge in [0.2, 0.25) is 0 Å². The van der Waals surface area contributed by atoms with E-state index in [0.717, 1.165) is 12.6 Å². The second-order valence-electron chi connectivity index (χ2n) is 5.28. The molecule has 0 unspecified atom stereocenters. The van der Waals surface area contributed by atoms with Crippen LogP contribution in [0, 0.1) is 0 Å². The Hall–Kier alpha value is 0.1000. The summed E-state index contributed by atoms with van der Waals surface area (Å²) in [5.41, 5.74) is 0. The minimum Gasteiger partial charge on any atom is -0.298 e. The van der Waals surface area contributed by atoms with Gasteiger partial charge in [-0.15, -0.1) is 11.3 Å². The molecule has 0 aromatic carbocycles. The SMILES string of the molecule is C[C@@H]1CN2CCC[C@H]2CN1Cc1ccc(Br)s1. The van der Waals surface area contributed by atoms with Gasteiger partial charge in [0.25, 0.3) is 0 Å². The van der Waals surface area contributed by atoms with Crippen molar-refractivity contribution in [2.75, 3.05) is 19.6 Å². The fourth-order valence-electron chi connectivity index (χ4n) is 3.11. The van der Waals surface area contributed by atoms with Crippen molar-refractivity contribution >= 4 is 27.3 Å². The van der Waals surface area contributed by atoms with Gasteiger partial charge in [0.15, 0.2) is 0 Å². The molecule has 0 saturated carbocycles. The van der Waals surface area contributed by atoms with Crippen molar-refractivity contribution in [2.24, 2.45) is 0 Å². The smallest absolute Gasteiger partial charge is 0.0701 e. The van der Waals surface area contributed by atoms with Gasteiger partial charge < -0.3 is 0 Å². The number of rotatable bonds is 2. The van der Waals surface area contributed by atoms with E-state index in [9.17, 15) is 0 Å². The molecule has 0 spiro atoms. The Morgan fingerprint density at radius 1 is 1.41 bits per heavy atom. The lowest BCUT2D eigenvalue weighted by atomic mass is 10.1. The number of thiophene rings is 1. The highest BCUT2D eigenvalue weighted by atomic mass is 79.9. The Balaban J connectivity index is 1.66. The number of hydrogen-bond donors (Lipinski definition) is 0.